The minimum Gasteiger partial charge on any atom is -0.485 e. The Kier molecular flexibility index (Phi) is 11.0. The molecule has 0 fully saturated rings. The fourth-order valence-electron chi connectivity index (χ4n) is 9.43. The standard InChI is InChI=1S/C62H59NO2/c1-41(22-23-42-14-11-18-52(32-42)61(2,3)4)43-24-26-45(27-25-43)57-38-50-33-48-34-51-39-58(65-60(51)37-49(48)36-59(50)64-57)46-28-30-54(31-29-46)63(56-21-13-19-53(40-56)62(5,6)7)55-20-12-17-47(35-55)44-15-9-8-10-16-44/h8-21,24-38,40-41,58H,22-23,39H2,1-7H3. The smallest absolute Gasteiger partial charge is 0.135 e. The Hall–Kier alpha value is -6.84. The first-order chi connectivity index (χ1) is 31.3. The summed E-state index contributed by atoms with van der Waals surface area (Å²) in [6.45, 7) is 16.0. The minimum absolute atomic E-state index is 0.0245. The Balaban J connectivity index is 0.857. The monoisotopic (exact) mass is 849 g/mol. The molecule has 324 valence electrons. The van der Waals surface area contributed by atoms with Gasteiger partial charge in [-0.25, -0.2) is 0 Å². The summed E-state index contributed by atoms with van der Waals surface area (Å²) in [4.78, 5) is 2.37. The fraction of sp³-hybridized carbons (Fsp3) is 0.226. The quantitative estimate of drug-likeness (QED) is 0.137. The molecule has 1 aliphatic heterocycles. The van der Waals surface area contributed by atoms with Crippen LogP contribution in [0.3, 0.4) is 0 Å². The first-order valence-electron chi connectivity index (χ1n) is 23.4. The van der Waals surface area contributed by atoms with Crippen molar-refractivity contribution in [3.05, 3.63) is 215 Å². The number of furan rings is 1. The van der Waals surface area contributed by atoms with E-state index in [1.165, 1.54) is 49.9 Å². The summed E-state index contributed by atoms with van der Waals surface area (Å²) < 4.78 is 13.2. The van der Waals surface area contributed by atoms with Crippen molar-refractivity contribution in [1.29, 1.82) is 0 Å². The first-order valence-corrected chi connectivity index (χ1v) is 23.4. The van der Waals surface area contributed by atoms with Crippen LogP contribution in [0.15, 0.2) is 186 Å². The lowest BCUT2D eigenvalue weighted by Gasteiger charge is -2.28. The molecule has 1 aromatic heterocycles. The Labute approximate surface area is 385 Å². The van der Waals surface area contributed by atoms with Crippen molar-refractivity contribution in [2.75, 3.05) is 4.90 Å². The highest BCUT2D eigenvalue weighted by molar-refractivity contribution is 5.98. The van der Waals surface area contributed by atoms with Crippen molar-refractivity contribution in [2.45, 2.75) is 90.6 Å². The number of nitrogens with zero attached hydrogens (tertiary/aromatic N) is 1. The zero-order chi connectivity index (χ0) is 44.9. The van der Waals surface area contributed by atoms with Crippen molar-refractivity contribution >= 4 is 38.8 Å². The van der Waals surface area contributed by atoms with E-state index in [0.29, 0.717) is 5.92 Å². The van der Waals surface area contributed by atoms with Gasteiger partial charge in [0.1, 0.15) is 23.2 Å². The van der Waals surface area contributed by atoms with Crippen LogP contribution in [0.25, 0.3) is 44.2 Å². The Morgan fingerprint density at radius 2 is 1.20 bits per heavy atom. The predicted octanol–water partition coefficient (Wildman–Crippen LogP) is 17.4. The van der Waals surface area contributed by atoms with Crippen molar-refractivity contribution in [1.82, 2.24) is 0 Å². The Morgan fingerprint density at radius 1 is 0.538 bits per heavy atom. The second-order valence-electron chi connectivity index (χ2n) is 20.3. The zero-order valence-corrected chi connectivity index (χ0v) is 38.9. The van der Waals surface area contributed by atoms with Gasteiger partial charge in [-0.1, -0.05) is 164 Å². The van der Waals surface area contributed by atoms with E-state index >= 15 is 0 Å². The maximum absolute atomic E-state index is 6.72. The molecule has 2 unspecified atom stereocenters. The van der Waals surface area contributed by atoms with Crippen molar-refractivity contribution in [2.24, 2.45) is 0 Å². The van der Waals surface area contributed by atoms with E-state index in [-0.39, 0.29) is 16.9 Å². The van der Waals surface area contributed by atoms with Gasteiger partial charge >= 0.3 is 0 Å². The molecule has 2 atom stereocenters. The molecule has 9 aromatic rings. The summed E-state index contributed by atoms with van der Waals surface area (Å²) in [6, 6.07) is 66.6. The van der Waals surface area contributed by atoms with E-state index in [1.54, 1.807) is 0 Å². The molecular weight excluding hydrogens is 791 g/mol. The van der Waals surface area contributed by atoms with E-state index in [0.717, 1.165) is 69.8 Å². The van der Waals surface area contributed by atoms with Crippen LogP contribution in [-0.4, -0.2) is 0 Å². The van der Waals surface area contributed by atoms with E-state index in [2.05, 4.69) is 235 Å². The van der Waals surface area contributed by atoms with Gasteiger partial charge in [0.2, 0.25) is 0 Å². The zero-order valence-electron chi connectivity index (χ0n) is 38.9. The molecule has 10 rings (SSSR count). The first kappa shape index (κ1) is 42.1. The van der Waals surface area contributed by atoms with E-state index in [1.807, 2.05) is 0 Å². The van der Waals surface area contributed by atoms with Gasteiger partial charge in [-0.2, -0.15) is 0 Å². The second-order valence-corrected chi connectivity index (χ2v) is 20.3. The number of ether oxygens (including phenoxy) is 1. The highest BCUT2D eigenvalue weighted by atomic mass is 16.5. The van der Waals surface area contributed by atoms with Crippen LogP contribution < -0.4 is 9.64 Å². The third-order valence-electron chi connectivity index (χ3n) is 13.5. The van der Waals surface area contributed by atoms with Gasteiger partial charge in [-0.05, 0) is 152 Å². The SMILES string of the molecule is CC(CCc1cccc(C(C)(C)C)c1)c1ccc(-c2cc3cc4cc5c(cc4cc3o2)OC(c2ccc(N(c3cccc(-c4ccccc4)c3)c3cccc(C(C)(C)C)c3)cc2)C5)cc1. The summed E-state index contributed by atoms with van der Waals surface area (Å²) in [6.07, 6.45) is 2.95. The largest absolute Gasteiger partial charge is 0.485 e. The number of anilines is 3. The summed E-state index contributed by atoms with van der Waals surface area (Å²) in [5.41, 5.74) is 15.8. The lowest BCUT2D eigenvalue weighted by molar-refractivity contribution is 0.239. The van der Waals surface area contributed by atoms with Gasteiger partial charge < -0.3 is 14.1 Å². The number of rotatable bonds is 10. The fourth-order valence-corrected chi connectivity index (χ4v) is 9.43. The van der Waals surface area contributed by atoms with Crippen LogP contribution >= 0.6 is 0 Å². The average molecular weight is 850 g/mol. The van der Waals surface area contributed by atoms with E-state index < -0.39 is 0 Å². The lowest BCUT2D eigenvalue weighted by atomic mass is 9.85. The molecule has 2 heterocycles. The summed E-state index contributed by atoms with van der Waals surface area (Å²) in [5, 5.41) is 3.43. The van der Waals surface area contributed by atoms with Crippen LogP contribution in [0.5, 0.6) is 5.75 Å². The van der Waals surface area contributed by atoms with Crippen LogP contribution in [0, 0.1) is 0 Å². The summed E-state index contributed by atoms with van der Waals surface area (Å²) >= 11 is 0. The molecular formula is C62H59NO2. The van der Waals surface area contributed by atoms with Crippen LogP contribution in [0.2, 0.25) is 0 Å². The van der Waals surface area contributed by atoms with Crippen molar-refractivity contribution in [3.63, 3.8) is 0 Å². The summed E-state index contributed by atoms with van der Waals surface area (Å²) in [5.74, 6) is 2.31. The van der Waals surface area contributed by atoms with Gasteiger partial charge in [0.15, 0.2) is 0 Å². The second kappa shape index (κ2) is 16.9. The molecule has 0 spiro atoms. The van der Waals surface area contributed by atoms with Gasteiger partial charge in [0, 0.05) is 34.4 Å². The van der Waals surface area contributed by atoms with Gasteiger partial charge in [-0.15, -0.1) is 0 Å². The molecule has 0 radical (unpaired) electrons. The topological polar surface area (TPSA) is 25.6 Å². The van der Waals surface area contributed by atoms with E-state index in [9.17, 15) is 0 Å². The van der Waals surface area contributed by atoms with Gasteiger partial charge in [-0.3, -0.25) is 0 Å². The average Bonchev–Trinajstić information content (AvgIpc) is 3.93. The maximum atomic E-state index is 6.72. The number of hydrogen-bond acceptors (Lipinski definition) is 3. The molecule has 0 aliphatic carbocycles. The number of aryl methyl sites for hydroxylation is 1. The molecule has 3 nitrogen and oxygen atoms in total. The van der Waals surface area contributed by atoms with Crippen LogP contribution in [-0.2, 0) is 23.7 Å². The molecule has 0 bridgehead atoms. The minimum atomic E-state index is -0.0603. The molecule has 0 saturated carbocycles. The van der Waals surface area contributed by atoms with Crippen LogP contribution in [0.1, 0.15) is 100 Å². The Morgan fingerprint density at radius 3 is 1.94 bits per heavy atom. The normalized spacial score (nSPS) is 14.4. The van der Waals surface area contributed by atoms with Gasteiger partial charge in [0.25, 0.3) is 0 Å². The molecule has 65 heavy (non-hydrogen) atoms. The van der Waals surface area contributed by atoms with Crippen LogP contribution in [0.4, 0.5) is 17.1 Å². The molecule has 0 saturated heterocycles. The third kappa shape index (κ3) is 8.85. The molecule has 1 aliphatic rings. The number of fused-ring (bicyclic) bond motifs is 3. The summed E-state index contributed by atoms with van der Waals surface area (Å²) in [7, 11) is 0. The van der Waals surface area contributed by atoms with E-state index in [4.69, 9.17) is 9.15 Å². The highest BCUT2D eigenvalue weighted by Crippen LogP contribution is 2.43. The number of benzene rings is 8. The molecule has 0 amide bonds. The predicted molar refractivity (Wildman–Crippen MR) is 273 cm³/mol. The lowest BCUT2D eigenvalue weighted by Crippen LogP contribution is -2.14. The van der Waals surface area contributed by atoms with Gasteiger partial charge in [0.05, 0.1) is 0 Å². The number of hydrogen-bond donors (Lipinski definition) is 0. The Bertz CT molecular complexity index is 3060. The molecule has 8 aromatic carbocycles. The third-order valence-corrected chi connectivity index (χ3v) is 13.5. The highest BCUT2D eigenvalue weighted by Gasteiger charge is 2.26. The molecule has 0 N–H and O–H groups in total. The molecule has 3 heteroatoms. The van der Waals surface area contributed by atoms with Crippen molar-refractivity contribution < 1.29 is 9.15 Å². The maximum Gasteiger partial charge on any atom is 0.135 e. The van der Waals surface area contributed by atoms with Crippen molar-refractivity contribution in [3.8, 4) is 28.2 Å².